The molecule has 3 rings (SSSR count). The van der Waals surface area contributed by atoms with Crippen LogP contribution in [0.4, 0.5) is 5.69 Å². The van der Waals surface area contributed by atoms with Gasteiger partial charge in [0.15, 0.2) is 0 Å². The number of carbonyl (C=O) groups is 1. The van der Waals surface area contributed by atoms with Crippen molar-refractivity contribution in [2.24, 2.45) is 9.36 Å². The van der Waals surface area contributed by atoms with Gasteiger partial charge in [0.1, 0.15) is 0 Å². The van der Waals surface area contributed by atoms with Crippen LogP contribution in [0.15, 0.2) is 56.7 Å². The van der Waals surface area contributed by atoms with Crippen LogP contribution in [0.25, 0.3) is 0 Å². The Hall–Kier alpha value is -2.18. The quantitative estimate of drug-likeness (QED) is 0.583. The normalized spacial score (nSPS) is 19.1. The molecule has 2 aromatic rings. The Kier molecular flexibility index (Phi) is 4.92. The summed E-state index contributed by atoms with van der Waals surface area (Å²) in [7, 11) is -0.898. The molecule has 0 aliphatic carbocycles. The first-order chi connectivity index (χ1) is 11.9. The molecule has 0 fully saturated rings. The molecule has 1 amide bonds. The molecule has 0 saturated heterocycles. The van der Waals surface area contributed by atoms with Gasteiger partial charge < -0.3 is 4.90 Å². The predicted octanol–water partition coefficient (Wildman–Crippen LogP) is 4.13. The van der Waals surface area contributed by atoms with Gasteiger partial charge in [-0.05, 0) is 42.8 Å². The van der Waals surface area contributed by atoms with Gasteiger partial charge in [-0.25, -0.2) is 9.20 Å². The molecule has 130 valence electrons. The van der Waals surface area contributed by atoms with Gasteiger partial charge in [0, 0.05) is 18.6 Å². The highest BCUT2D eigenvalue weighted by molar-refractivity contribution is 7.93. The van der Waals surface area contributed by atoms with Crippen molar-refractivity contribution in [2.75, 3.05) is 13.6 Å². The van der Waals surface area contributed by atoms with Crippen LogP contribution in [-0.2, 0) is 15.5 Å². The number of hydrogen-bond donors (Lipinski definition) is 0. The summed E-state index contributed by atoms with van der Waals surface area (Å²) in [6.45, 7) is 2.85. The number of rotatable bonds is 5. The van der Waals surface area contributed by atoms with Crippen molar-refractivity contribution in [3.8, 4) is 0 Å². The Morgan fingerprint density at radius 2 is 1.96 bits per heavy atom. The molecule has 25 heavy (non-hydrogen) atoms. The second kappa shape index (κ2) is 6.98. The molecule has 1 atom stereocenters. The standard InChI is InChI=1S/C18H18ClN3O2S/c1-3-22(2)12-20-15-8-9-17-16(10-15)18(23)21-25(17,24)11-13-4-6-14(19)7-5-13/h4-10,12H,3,11H2,1-2H3. The van der Waals surface area contributed by atoms with Crippen molar-refractivity contribution in [2.45, 2.75) is 17.6 Å². The molecule has 1 heterocycles. The maximum atomic E-state index is 13.2. The van der Waals surface area contributed by atoms with Crippen molar-refractivity contribution >= 4 is 39.3 Å². The zero-order valence-corrected chi connectivity index (χ0v) is 15.5. The van der Waals surface area contributed by atoms with Gasteiger partial charge in [0.05, 0.1) is 38.0 Å². The number of fused-ring (bicyclic) bond motifs is 1. The Balaban J connectivity index is 1.93. The lowest BCUT2D eigenvalue weighted by Crippen LogP contribution is -2.14. The van der Waals surface area contributed by atoms with Gasteiger partial charge in [0.2, 0.25) is 0 Å². The van der Waals surface area contributed by atoms with Gasteiger partial charge in [-0.2, -0.15) is 4.36 Å². The zero-order valence-electron chi connectivity index (χ0n) is 14.0. The second-order valence-corrected chi connectivity index (χ2v) is 8.43. The molecular formula is C18H18ClN3O2S. The van der Waals surface area contributed by atoms with Crippen molar-refractivity contribution in [3.05, 3.63) is 58.6 Å². The predicted molar refractivity (Wildman–Crippen MR) is 101 cm³/mol. The highest BCUT2D eigenvalue weighted by Gasteiger charge is 2.29. The van der Waals surface area contributed by atoms with E-state index in [0.29, 0.717) is 21.2 Å². The SMILES string of the molecule is CCN(C)C=Nc1ccc2c(c1)C(=O)N=S2(=O)Cc1ccc(Cl)cc1. The van der Waals surface area contributed by atoms with Crippen molar-refractivity contribution < 1.29 is 9.00 Å². The summed E-state index contributed by atoms with van der Waals surface area (Å²) in [6.07, 6.45) is 1.70. The number of aliphatic imine (C=N–C) groups is 1. The largest absolute Gasteiger partial charge is 0.366 e. The van der Waals surface area contributed by atoms with Crippen molar-refractivity contribution in [3.63, 3.8) is 0 Å². The average molecular weight is 376 g/mol. The number of halogens is 1. The summed E-state index contributed by atoms with van der Waals surface area (Å²) in [5.41, 5.74) is 1.83. The summed E-state index contributed by atoms with van der Waals surface area (Å²) in [5, 5.41) is 0.609. The minimum Gasteiger partial charge on any atom is -0.366 e. The van der Waals surface area contributed by atoms with Crippen LogP contribution in [0.5, 0.6) is 0 Å². The molecule has 0 radical (unpaired) electrons. The minimum absolute atomic E-state index is 0.185. The maximum Gasteiger partial charge on any atom is 0.286 e. The van der Waals surface area contributed by atoms with Crippen LogP contribution in [0.3, 0.4) is 0 Å². The lowest BCUT2D eigenvalue weighted by Gasteiger charge is -2.09. The molecule has 0 bridgehead atoms. The number of hydrogen-bond acceptors (Lipinski definition) is 3. The van der Waals surface area contributed by atoms with E-state index in [9.17, 15) is 9.00 Å². The molecule has 0 spiro atoms. The van der Waals surface area contributed by atoms with E-state index in [1.54, 1.807) is 48.8 Å². The summed E-state index contributed by atoms with van der Waals surface area (Å²) >= 11 is 5.88. The third-order valence-electron chi connectivity index (χ3n) is 3.95. The fourth-order valence-electron chi connectivity index (χ4n) is 2.44. The molecular weight excluding hydrogens is 358 g/mol. The van der Waals surface area contributed by atoms with Gasteiger partial charge in [-0.1, -0.05) is 23.7 Å². The number of benzene rings is 2. The van der Waals surface area contributed by atoms with Crippen LogP contribution < -0.4 is 0 Å². The van der Waals surface area contributed by atoms with Gasteiger partial charge in [-0.15, -0.1) is 0 Å². The highest BCUT2D eigenvalue weighted by atomic mass is 35.5. The summed E-state index contributed by atoms with van der Waals surface area (Å²) in [4.78, 5) is 19.0. The fourth-order valence-corrected chi connectivity index (χ4v) is 4.66. The van der Waals surface area contributed by atoms with Crippen LogP contribution in [0, 0.1) is 0 Å². The molecule has 0 saturated carbocycles. The highest BCUT2D eigenvalue weighted by Crippen LogP contribution is 2.32. The van der Waals surface area contributed by atoms with E-state index in [1.165, 1.54) is 0 Å². The first kappa shape index (κ1) is 17.6. The third-order valence-corrected chi connectivity index (χ3v) is 6.43. The topological polar surface area (TPSA) is 62.1 Å². The van der Waals surface area contributed by atoms with E-state index in [2.05, 4.69) is 9.36 Å². The Morgan fingerprint density at radius 3 is 2.64 bits per heavy atom. The summed E-state index contributed by atoms with van der Waals surface area (Å²) in [5.74, 6) is -0.265. The summed E-state index contributed by atoms with van der Waals surface area (Å²) < 4.78 is 17.2. The number of amides is 1. The summed E-state index contributed by atoms with van der Waals surface area (Å²) in [6, 6.07) is 12.2. The van der Waals surface area contributed by atoms with Crippen molar-refractivity contribution in [1.82, 2.24) is 4.90 Å². The van der Waals surface area contributed by atoms with Crippen LogP contribution in [0.2, 0.25) is 5.02 Å². The van der Waals surface area contributed by atoms with Crippen LogP contribution in [0.1, 0.15) is 22.8 Å². The van der Waals surface area contributed by atoms with E-state index >= 15 is 0 Å². The lowest BCUT2D eigenvalue weighted by atomic mass is 10.2. The van der Waals surface area contributed by atoms with Crippen LogP contribution >= 0.6 is 11.6 Å². The van der Waals surface area contributed by atoms with Crippen LogP contribution in [-0.4, -0.2) is 34.9 Å². The average Bonchev–Trinajstić information content (AvgIpc) is 2.85. The molecule has 5 nitrogen and oxygen atoms in total. The Morgan fingerprint density at radius 1 is 1.24 bits per heavy atom. The molecule has 7 heteroatoms. The molecule has 0 aromatic heterocycles. The Labute approximate surface area is 152 Å². The lowest BCUT2D eigenvalue weighted by molar-refractivity contribution is 0.101. The zero-order chi connectivity index (χ0) is 18.0. The minimum atomic E-state index is -2.81. The van der Waals surface area contributed by atoms with E-state index in [0.717, 1.165) is 12.1 Å². The van der Waals surface area contributed by atoms with E-state index in [1.807, 2.05) is 18.9 Å². The molecule has 1 unspecified atom stereocenters. The number of carbonyl (C=O) groups excluding carboxylic acids is 1. The molecule has 1 aliphatic heterocycles. The number of nitrogens with zero attached hydrogens (tertiary/aromatic N) is 3. The van der Waals surface area contributed by atoms with E-state index in [4.69, 9.17) is 11.6 Å². The van der Waals surface area contributed by atoms with Gasteiger partial charge >= 0.3 is 0 Å². The van der Waals surface area contributed by atoms with E-state index < -0.39 is 15.6 Å². The first-order valence-corrected chi connectivity index (χ1v) is 9.89. The third kappa shape index (κ3) is 3.75. The second-order valence-electron chi connectivity index (χ2n) is 5.81. The monoisotopic (exact) mass is 375 g/mol. The Bertz CT molecular complexity index is 961. The van der Waals surface area contributed by atoms with Crippen molar-refractivity contribution in [1.29, 1.82) is 0 Å². The van der Waals surface area contributed by atoms with Gasteiger partial charge in [-0.3, -0.25) is 4.79 Å². The van der Waals surface area contributed by atoms with E-state index in [-0.39, 0.29) is 5.75 Å². The first-order valence-electron chi connectivity index (χ1n) is 7.83. The smallest absolute Gasteiger partial charge is 0.286 e. The van der Waals surface area contributed by atoms with Gasteiger partial charge in [0.25, 0.3) is 5.91 Å². The maximum absolute atomic E-state index is 13.2. The fraction of sp³-hybridized carbons (Fsp3) is 0.222. The molecule has 0 N–H and O–H groups in total. The molecule has 1 aliphatic rings. The molecule has 2 aromatic carbocycles.